The van der Waals surface area contributed by atoms with Crippen LogP contribution in [0.4, 0.5) is 0 Å². The Morgan fingerprint density at radius 1 is 1.00 bits per heavy atom. The van der Waals surface area contributed by atoms with Crippen LogP contribution in [0, 0.1) is 10.8 Å². The van der Waals surface area contributed by atoms with Crippen LogP contribution in [0.2, 0.25) is 0 Å². The van der Waals surface area contributed by atoms with Gasteiger partial charge in [0, 0.05) is 10.8 Å². The summed E-state index contributed by atoms with van der Waals surface area (Å²) in [6, 6.07) is 0. The molecule has 2 aliphatic heterocycles. The molecule has 5 rings (SSSR count). The van der Waals surface area contributed by atoms with Crippen LogP contribution < -0.4 is 0 Å². The van der Waals surface area contributed by atoms with Gasteiger partial charge in [0.2, 0.25) is 0 Å². The predicted molar refractivity (Wildman–Crippen MR) is 66.5 cm³/mol. The van der Waals surface area contributed by atoms with E-state index in [1.165, 1.54) is 12.8 Å². The second-order valence-electron chi connectivity index (χ2n) is 7.39. The fourth-order valence-electron chi connectivity index (χ4n) is 5.00. The van der Waals surface area contributed by atoms with Gasteiger partial charge in [-0.1, -0.05) is 0 Å². The molecule has 2 saturated heterocycles. The van der Waals surface area contributed by atoms with Gasteiger partial charge in [-0.15, -0.1) is 0 Å². The van der Waals surface area contributed by atoms with Crippen LogP contribution >= 0.6 is 0 Å². The summed E-state index contributed by atoms with van der Waals surface area (Å²) >= 11 is 0. The minimum absolute atomic E-state index is 0.0239. The van der Waals surface area contributed by atoms with Gasteiger partial charge in [-0.3, -0.25) is 0 Å². The fourth-order valence-corrected chi connectivity index (χ4v) is 5.00. The molecule has 0 aromatic heterocycles. The van der Waals surface area contributed by atoms with E-state index in [9.17, 15) is 5.11 Å². The minimum atomic E-state index is -0.285. The third kappa shape index (κ3) is 1.25. The van der Waals surface area contributed by atoms with Gasteiger partial charge >= 0.3 is 0 Å². The summed E-state index contributed by atoms with van der Waals surface area (Å²) in [5.41, 5.74) is 0.0139. The van der Waals surface area contributed by atoms with Crippen molar-refractivity contribution in [2.45, 2.75) is 75.7 Å². The zero-order chi connectivity index (χ0) is 12.9. The molecule has 5 fully saturated rings. The summed E-state index contributed by atoms with van der Waals surface area (Å²) in [5.74, 6) is 0. The van der Waals surface area contributed by atoms with Crippen LogP contribution in [0.1, 0.15) is 45.4 Å². The highest BCUT2D eigenvalue weighted by atomic mass is 16.7. The highest BCUT2D eigenvalue weighted by Gasteiger charge is 2.79. The van der Waals surface area contributed by atoms with E-state index in [1.54, 1.807) is 0 Å². The van der Waals surface area contributed by atoms with E-state index in [1.807, 2.05) is 6.92 Å². The second-order valence-corrected chi connectivity index (χ2v) is 7.39. The molecule has 5 aliphatic rings. The Morgan fingerprint density at radius 3 is 2.26 bits per heavy atom. The van der Waals surface area contributed by atoms with E-state index in [2.05, 4.69) is 0 Å². The lowest BCUT2D eigenvalue weighted by Crippen LogP contribution is -2.50. The van der Waals surface area contributed by atoms with Gasteiger partial charge in [0.15, 0.2) is 6.29 Å². The van der Waals surface area contributed by atoms with E-state index in [0.29, 0.717) is 6.61 Å². The topological polar surface area (TPSA) is 47.9 Å². The molecule has 3 saturated carbocycles. The van der Waals surface area contributed by atoms with Crippen molar-refractivity contribution in [1.82, 2.24) is 0 Å². The number of ether oxygens (including phenoxy) is 3. The summed E-state index contributed by atoms with van der Waals surface area (Å²) in [6.45, 7) is 2.60. The van der Waals surface area contributed by atoms with Gasteiger partial charge in [0.05, 0.1) is 24.4 Å². The zero-order valence-electron chi connectivity index (χ0n) is 11.4. The van der Waals surface area contributed by atoms with Crippen molar-refractivity contribution in [3.8, 4) is 0 Å². The summed E-state index contributed by atoms with van der Waals surface area (Å²) in [5, 5.41) is 10.9. The van der Waals surface area contributed by atoms with E-state index >= 15 is 0 Å². The molecule has 3 spiro atoms. The number of aliphatic hydroxyl groups is 1. The molecule has 106 valence electrons. The van der Waals surface area contributed by atoms with Crippen LogP contribution in [0.5, 0.6) is 0 Å². The quantitative estimate of drug-likeness (QED) is 0.723. The molecule has 2 heterocycles. The molecule has 3 aliphatic carbocycles. The molecule has 0 amide bonds. The van der Waals surface area contributed by atoms with Crippen LogP contribution in [-0.4, -0.2) is 41.9 Å². The molecule has 4 nitrogen and oxygen atoms in total. The van der Waals surface area contributed by atoms with E-state index in [-0.39, 0.29) is 41.0 Å². The maximum atomic E-state index is 10.9. The monoisotopic (exact) mass is 266 g/mol. The van der Waals surface area contributed by atoms with Crippen molar-refractivity contribution in [2.75, 3.05) is 6.61 Å². The molecule has 1 unspecified atom stereocenters. The first-order valence-corrected chi connectivity index (χ1v) is 7.75. The van der Waals surface area contributed by atoms with Gasteiger partial charge in [0.25, 0.3) is 0 Å². The third-order valence-electron chi connectivity index (χ3n) is 6.44. The van der Waals surface area contributed by atoms with Crippen molar-refractivity contribution < 1.29 is 19.3 Å². The smallest absolute Gasteiger partial charge is 0.155 e. The van der Waals surface area contributed by atoms with Crippen LogP contribution in [0.15, 0.2) is 0 Å². The zero-order valence-corrected chi connectivity index (χ0v) is 11.4. The SMILES string of the molecule is C[C@@H]1OC[C@H]2OC3(CC3)[C@H](O)C3(CC3)C3(CC3)C2O1. The van der Waals surface area contributed by atoms with Gasteiger partial charge in [-0.05, 0) is 45.4 Å². The molecule has 4 atom stereocenters. The second kappa shape index (κ2) is 3.19. The summed E-state index contributed by atoms with van der Waals surface area (Å²) in [6.07, 6.45) is 6.44. The first-order valence-electron chi connectivity index (χ1n) is 7.75. The highest BCUT2D eigenvalue weighted by Crippen LogP contribution is 2.78. The summed E-state index contributed by atoms with van der Waals surface area (Å²) in [7, 11) is 0. The van der Waals surface area contributed by atoms with Crippen molar-refractivity contribution in [3.05, 3.63) is 0 Å². The average molecular weight is 266 g/mol. The highest BCUT2D eigenvalue weighted by molar-refractivity contribution is 5.28. The maximum absolute atomic E-state index is 10.9. The molecule has 19 heavy (non-hydrogen) atoms. The molecule has 0 aromatic carbocycles. The first kappa shape index (κ1) is 11.5. The molecular weight excluding hydrogens is 244 g/mol. The lowest BCUT2D eigenvalue weighted by Gasteiger charge is -2.40. The van der Waals surface area contributed by atoms with Gasteiger partial charge in [-0.2, -0.15) is 0 Å². The fraction of sp³-hybridized carbons (Fsp3) is 1.00. The molecule has 0 bridgehead atoms. The predicted octanol–water partition coefficient (Wildman–Crippen LogP) is 1.60. The van der Waals surface area contributed by atoms with E-state index in [4.69, 9.17) is 14.2 Å². The third-order valence-corrected chi connectivity index (χ3v) is 6.44. The largest absolute Gasteiger partial charge is 0.390 e. The lowest BCUT2D eigenvalue weighted by molar-refractivity contribution is -0.275. The van der Waals surface area contributed by atoms with Gasteiger partial charge < -0.3 is 19.3 Å². The Bertz CT molecular complexity index is 422. The van der Waals surface area contributed by atoms with E-state index in [0.717, 1.165) is 25.7 Å². The van der Waals surface area contributed by atoms with Gasteiger partial charge in [0.1, 0.15) is 6.10 Å². The summed E-state index contributed by atoms with van der Waals surface area (Å²) in [4.78, 5) is 0. The standard InChI is InChI=1S/C15H22O4/c1-9-17-8-10-11(18-9)13(2-3-13)14(4-5-14)12(16)15(19-10)6-7-15/h9-12,16H,2-8H2,1H3/t9-,10-,11?,12-/m1/s1. The molecule has 4 heteroatoms. The van der Waals surface area contributed by atoms with Crippen LogP contribution in [0.3, 0.4) is 0 Å². The Balaban J connectivity index is 1.59. The number of hydrogen-bond acceptors (Lipinski definition) is 4. The number of aliphatic hydroxyl groups excluding tert-OH is 1. The molecule has 1 N–H and O–H groups in total. The van der Waals surface area contributed by atoms with Crippen LogP contribution in [-0.2, 0) is 14.2 Å². The number of hydrogen-bond donors (Lipinski definition) is 1. The maximum Gasteiger partial charge on any atom is 0.155 e. The van der Waals surface area contributed by atoms with Crippen molar-refractivity contribution in [3.63, 3.8) is 0 Å². The van der Waals surface area contributed by atoms with Crippen molar-refractivity contribution >= 4 is 0 Å². The van der Waals surface area contributed by atoms with E-state index < -0.39 is 0 Å². The molecular formula is C15H22O4. The minimum Gasteiger partial charge on any atom is -0.390 e. The summed E-state index contributed by atoms with van der Waals surface area (Å²) < 4.78 is 18.1. The van der Waals surface area contributed by atoms with Crippen molar-refractivity contribution in [1.29, 1.82) is 0 Å². The normalized spacial score (nSPS) is 50.8. The van der Waals surface area contributed by atoms with Crippen molar-refractivity contribution in [2.24, 2.45) is 10.8 Å². The Kier molecular flexibility index (Phi) is 1.93. The Hall–Kier alpha value is -0.160. The lowest BCUT2D eigenvalue weighted by atomic mass is 9.74. The number of rotatable bonds is 0. The average Bonchev–Trinajstić information content (AvgIpc) is 3.23. The Morgan fingerprint density at radius 2 is 1.68 bits per heavy atom. The number of fused-ring (bicyclic) bond motifs is 3. The first-order chi connectivity index (χ1) is 9.12. The van der Waals surface area contributed by atoms with Crippen LogP contribution in [0.25, 0.3) is 0 Å². The molecule has 0 radical (unpaired) electrons. The van der Waals surface area contributed by atoms with Gasteiger partial charge in [-0.25, -0.2) is 0 Å². The Labute approximate surface area is 113 Å². The molecule has 0 aromatic rings.